The number of hydrogen-bond donors (Lipinski definition) is 1. The van der Waals surface area contributed by atoms with Crippen LogP contribution in [0.2, 0.25) is 5.02 Å². The number of benzene rings is 1. The van der Waals surface area contributed by atoms with Crippen LogP contribution in [0.1, 0.15) is 44.2 Å². The van der Waals surface area contributed by atoms with E-state index >= 15 is 0 Å². The number of rotatable bonds is 4. The Morgan fingerprint density at radius 3 is 2.75 bits per heavy atom. The van der Waals surface area contributed by atoms with Crippen LogP contribution in [0.3, 0.4) is 0 Å². The lowest BCUT2D eigenvalue weighted by Crippen LogP contribution is -2.50. The minimum Gasteiger partial charge on any atom is -0.347 e. The number of halogens is 1. The summed E-state index contributed by atoms with van der Waals surface area (Å²) in [6, 6.07) is 7.38. The van der Waals surface area contributed by atoms with Crippen LogP contribution in [0.5, 0.6) is 0 Å². The quantitative estimate of drug-likeness (QED) is 0.891. The molecule has 1 aromatic carbocycles. The molecular formula is C18H21ClN2O2S. The summed E-state index contributed by atoms with van der Waals surface area (Å²) in [5, 5.41) is 3.92. The lowest BCUT2D eigenvalue weighted by atomic mass is 10.0. The lowest BCUT2D eigenvalue weighted by Gasteiger charge is -2.31. The fourth-order valence-electron chi connectivity index (χ4n) is 3.84. The van der Waals surface area contributed by atoms with Gasteiger partial charge in [0.2, 0.25) is 11.8 Å². The number of carbonyl (C=O) groups is 2. The van der Waals surface area contributed by atoms with Crippen LogP contribution in [-0.2, 0) is 9.59 Å². The highest BCUT2D eigenvalue weighted by molar-refractivity contribution is 8.01. The second-order valence-corrected chi connectivity index (χ2v) is 9.08. The molecule has 1 saturated carbocycles. The molecule has 0 bridgehead atoms. The van der Waals surface area contributed by atoms with E-state index in [0.717, 1.165) is 24.8 Å². The maximum atomic E-state index is 12.9. The summed E-state index contributed by atoms with van der Waals surface area (Å²) in [5.74, 6) is 1.27. The van der Waals surface area contributed by atoms with Gasteiger partial charge in [-0.2, -0.15) is 0 Å². The second kappa shape index (κ2) is 5.95. The highest BCUT2D eigenvalue weighted by Crippen LogP contribution is 2.48. The first kappa shape index (κ1) is 16.3. The number of amides is 2. The van der Waals surface area contributed by atoms with E-state index in [4.69, 9.17) is 11.6 Å². The van der Waals surface area contributed by atoms with Gasteiger partial charge in [-0.1, -0.05) is 23.7 Å². The van der Waals surface area contributed by atoms with Crippen molar-refractivity contribution in [1.82, 2.24) is 10.2 Å². The molecule has 0 spiro atoms. The summed E-state index contributed by atoms with van der Waals surface area (Å²) in [4.78, 5) is 26.8. The third-order valence-electron chi connectivity index (χ3n) is 5.37. The first-order valence-corrected chi connectivity index (χ1v) is 9.86. The van der Waals surface area contributed by atoms with Gasteiger partial charge in [-0.15, -0.1) is 11.8 Å². The van der Waals surface area contributed by atoms with Crippen molar-refractivity contribution in [2.24, 2.45) is 5.92 Å². The van der Waals surface area contributed by atoms with Crippen LogP contribution in [-0.4, -0.2) is 33.4 Å². The van der Waals surface area contributed by atoms with E-state index in [0.29, 0.717) is 23.1 Å². The van der Waals surface area contributed by atoms with Crippen LogP contribution < -0.4 is 5.32 Å². The van der Waals surface area contributed by atoms with E-state index < -0.39 is 0 Å². The molecule has 2 amide bonds. The van der Waals surface area contributed by atoms with Gasteiger partial charge in [0.05, 0.1) is 10.9 Å². The van der Waals surface area contributed by atoms with Crippen LogP contribution in [0, 0.1) is 5.92 Å². The van der Waals surface area contributed by atoms with Crippen molar-refractivity contribution in [2.75, 3.05) is 5.75 Å². The van der Waals surface area contributed by atoms with Gasteiger partial charge >= 0.3 is 0 Å². The molecule has 1 N–H and O–H groups in total. The number of fused-ring (bicyclic) bond motifs is 1. The maximum absolute atomic E-state index is 12.9. The van der Waals surface area contributed by atoms with Gasteiger partial charge in [0.15, 0.2) is 0 Å². The minimum absolute atomic E-state index is 0.0179. The topological polar surface area (TPSA) is 49.4 Å². The molecule has 3 fully saturated rings. The number of carbonyl (C=O) groups excluding carboxylic acids is 2. The zero-order chi connectivity index (χ0) is 16.9. The Morgan fingerprint density at radius 2 is 2.08 bits per heavy atom. The van der Waals surface area contributed by atoms with Gasteiger partial charge < -0.3 is 10.2 Å². The largest absolute Gasteiger partial charge is 0.347 e. The Labute approximate surface area is 151 Å². The molecule has 0 aromatic heterocycles. The van der Waals surface area contributed by atoms with Crippen LogP contribution in [0.15, 0.2) is 24.3 Å². The van der Waals surface area contributed by atoms with Gasteiger partial charge in [-0.25, -0.2) is 0 Å². The lowest BCUT2D eigenvalue weighted by molar-refractivity contribution is -0.138. The van der Waals surface area contributed by atoms with Gasteiger partial charge in [-0.3, -0.25) is 9.59 Å². The summed E-state index contributed by atoms with van der Waals surface area (Å²) < 4.78 is 0. The molecule has 2 heterocycles. The zero-order valence-corrected chi connectivity index (χ0v) is 15.2. The third kappa shape index (κ3) is 2.82. The number of nitrogens with zero attached hydrogens (tertiary/aromatic N) is 1. The Hall–Kier alpha value is -1.20. The average molecular weight is 365 g/mol. The van der Waals surface area contributed by atoms with Crippen molar-refractivity contribution in [3.63, 3.8) is 0 Å². The first-order chi connectivity index (χ1) is 11.5. The van der Waals surface area contributed by atoms with Crippen LogP contribution in [0.25, 0.3) is 0 Å². The van der Waals surface area contributed by atoms with Crippen molar-refractivity contribution < 1.29 is 9.59 Å². The Bertz CT molecular complexity index is 676. The fourth-order valence-corrected chi connectivity index (χ4v) is 5.40. The van der Waals surface area contributed by atoms with E-state index in [-0.39, 0.29) is 28.8 Å². The standard InChI is InChI=1S/C18H21ClN2O2S/c1-18-9-8-15(22)21(18)14(10-24-18)17(23)20-16(11-2-3-11)12-4-6-13(19)7-5-12/h4-7,11,14,16H,2-3,8-10H2,1H3,(H,20,23)/t14-,16+,18+/m1/s1. The Kier molecular flexibility index (Phi) is 4.04. The van der Waals surface area contributed by atoms with E-state index in [2.05, 4.69) is 12.2 Å². The molecule has 6 heteroatoms. The Morgan fingerprint density at radius 1 is 1.38 bits per heavy atom. The molecule has 2 aliphatic heterocycles. The second-order valence-electron chi connectivity index (χ2n) is 7.14. The number of nitrogens with one attached hydrogen (secondary N) is 1. The highest BCUT2D eigenvalue weighted by atomic mass is 35.5. The summed E-state index contributed by atoms with van der Waals surface area (Å²) in [5.41, 5.74) is 1.09. The number of hydrogen-bond acceptors (Lipinski definition) is 3. The maximum Gasteiger partial charge on any atom is 0.244 e. The van der Waals surface area contributed by atoms with Crippen molar-refractivity contribution in [2.45, 2.75) is 49.6 Å². The van der Waals surface area contributed by atoms with Crippen molar-refractivity contribution in [1.29, 1.82) is 0 Å². The van der Waals surface area contributed by atoms with E-state index in [1.165, 1.54) is 0 Å². The molecule has 0 unspecified atom stereocenters. The van der Waals surface area contributed by atoms with Crippen molar-refractivity contribution in [3.05, 3.63) is 34.9 Å². The predicted molar refractivity (Wildman–Crippen MR) is 95.8 cm³/mol. The molecule has 128 valence electrons. The van der Waals surface area contributed by atoms with Crippen molar-refractivity contribution >= 4 is 35.2 Å². The molecule has 24 heavy (non-hydrogen) atoms. The molecular weight excluding hydrogens is 344 g/mol. The molecule has 3 atom stereocenters. The van der Waals surface area contributed by atoms with E-state index in [1.807, 2.05) is 29.2 Å². The van der Waals surface area contributed by atoms with Crippen molar-refractivity contribution in [3.8, 4) is 0 Å². The Balaban J connectivity index is 1.52. The number of thioether (sulfide) groups is 1. The highest BCUT2D eigenvalue weighted by Gasteiger charge is 2.53. The molecule has 1 aromatic rings. The summed E-state index contributed by atoms with van der Waals surface area (Å²) >= 11 is 7.71. The fraction of sp³-hybridized carbons (Fsp3) is 0.556. The monoisotopic (exact) mass is 364 g/mol. The predicted octanol–water partition coefficient (Wildman–Crippen LogP) is 3.36. The molecule has 0 radical (unpaired) electrons. The zero-order valence-electron chi connectivity index (χ0n) is 13.6. The minimum atomic E-state index is -0.344. The SMILES string of the molecule is C[C@]12CCC(=O)N1[C@@H](C(=O)N[C@H](c1ccc(Cl)cc1)C1CC1)CS2. The van der Waals surface area contributed by atoms with Gasteiger partial charge in [0, 0.05) is 17.2 Å². The van der Waals surface area contributed by atoms with Crippen LogP contribution in [0.4, 0.5) is 0 Å². The molecule has 4 nitrogen and oxygen atoms in total. The molecule has 3 aliphatic rings. The van der Waals surface area contributed by atoms with E-state index in [1.54, 1.807) is 11.8 Å². The van der Waals surface area contributed by atoms with Gasteiger partial charge in [0.1, 0.15) is 6.04 Å². The molecule has 1 aliphatic carbocycles. The normalized spacial score (nSPS) is 30.3. The average Bonchev–Trinajstić information content (AvgIpc) is 3.28. The van der Waals surface area contributed by atoms with Gasteiger partial charge in [0.25, 0.3) is 0 Å². The molecule has 4 rings (SSSR count). The first-order valence-electron chi connectivity index (χ1n) is 8.50. The molecule has 2 saturated heterocycles. The summed E-state index contributed by atoms with van der Waals surface area (Å²) in [6.45, 7) is 2.08. The van der Waals surface area contributed by atoms with Gasteiger partial charge in [-0.05, 0) is 49.8 Å². The third-order valence-corrected chi connectivity index (χ3v) is 7.12. The summed E-state index contributed by atoms with van der Waals surface area (Å²) in [7, 11) is 0. The summed E-state index contributed by atoms with van der Waals surface area (Å²) in [6.07, 6.45) is 3.65. The van der Waals surface area contributed by atoms with E-state index in [9.17, 15) is 9.59 Å². The smallest absolute Gasteiger partial charge is 0.244 e. The van der Waals surface area contributed by atoms with Crippen LogP contribution >= 0.6 is 23.4 Å².